The van der Waals surface area contributed by atoms with Gasteiger partial charge >= 0.3 is 5.97 Å². The molecule has 0 saturated carbocycles. The number of rotatable bonds is 5. The van der Waals surface area contributed by atoms with Crippen LogP contribution in [0.4, 0.5) is 0 Å². The first-order chi connectivity index (χ1) is 7.95. The lowest BCUT2D eigenvalue weighted by molar-refractivity contribution is -0.137. The SMILES string of the molecule is CC(CO)N(C)C(=O)c1cn(CC(=O)O)nn1. The summed E-state index contributed by atoms with van der Waals surface area (Å²) in [6.07, 6.45) is 1.26. The van der Waals surface area contributed by atoms with E-state index in [1.807, 2.05) is 0 Å². The fourth-order valence-corrected chi connectivity index (χ4v) is 1.12. The molecule has 0 aliphatic carbocycles. The molecule has 0 aromatic carbocycles. The molecule has 1 amide bonds. The fourth-order valence-electron chi connectivity index (χ4n) is 1.12. The third kappa shape index (κ3) is 3.25. The van der Waals surface area contributed by atoms with Gasteiger partial charge in [0.15, 0.2) is 5.69 Å². The molecule has 1 aromatic rings. The van der Waals surface area contributed by atoms with Crippen molar-refractivity contribution < 1.29 is 19.8 Å². The number of carbonyl (C=O) groups is 2. The van der Waals surface area contributed by atoms with Gasteiger partial charge in [-0.15, -0.1) is 5.10 Å². The van der Waals surface area contributed by atoms with Crippen LogP contribution in [-0.2, 0) is 11.3 Å². The zero-order chi connectivity index (χ0) is 13.0. The van der Waals surface area contributed by atoms with Gasteiger partial charge in [-0.2, -0.15) is 0 Å². The van der Waals surface area contributed by atoms with E-state index in [1.54, 1.807) is 6.92 Å². The average Bonchev–Trinajstić information content (AvgIpc) is 2.73. The van der Waals surface area contributed by atoms with Crippen LogP contribution in [-0.4, -0.2) is 61.7 Å². The quantitative estimate of drug-likeness (QED) is 0.672. The zero-order valence-corrected chi connectivity index (χ0v) is 9.57. The van der Waals surface area contributed by atoms with Crippen molar-refractivity contribution in [1.82, 2.24) is 19.9 Å². The molecule has 0 fully saturated rings. The van der Waals surface area contributed by atoms with Crippen LogP contribution in [0, 0.1) is 0 Å². The molecule has 0 aliphatic rings. The van der Waals surface area contributed by atoms with E-state index in [1.165, 1.54) is 18.1 Å². The van der Waals surface area contributed by atoms with Crippen molar-refractivity contribution >= 4 is 11.9 Å². The van der Waals surface area contributed by atoms with Crippen LogP contribution in [0.25, 0.3) is 0 Å². The Hall–Kier alpha value is -1.96. The first-order valence-electron chi connectivity index (χ1n) is 4.95. The first-order valence-corrected chi connectivity index (χ1v) is 4.95. The van der Waals surface area contributed by atoms with E-state index in [9.17, 15) is 9.59 Å². The van der Waals surface area contributed by atoms with Crippen molar-refractivity contribution in [3.05, 3.63) is 11.9 Å². The summed E-state index contributed by atoms with van der Waals surface area (Å²) in [6, 6.07) is -0.341. The molecule has 1 rings (SSSR count). The van der Waals surface area contributed by atoms with Crippen molar-refractivity contribution in [2.45, 2.75) is 19.5 Å². The highest BCUT2D eigenvalue weighted by Gasteiger charge is 2.20. The second kappa shape index (κ2) is 5.39. The number of carboxylic acids is 1. The number of aliphatic hydroxyl groups excluding tert-OH is 1. The van der Waals surface area contributed by atoms with Gasteiger partial charge in [-0.05, 0) is 6.92 Å². The Morgan fingerprint density at radius 2 is 2.24 bits per heavy atom. The molecule has 8 heteroatoms. The van der Waals surface area contributed by atoms with Gasteiger partial charge in [0.2, 0.25) is 0 Å². The minimum atomic E-state index is -1.06. The molecule has 0 aliphatic heterocycles. The van der Waals surface area contributed by atoms with Crippen LogP contribution in [0.1, 0.15) is 17.4 Å². The maximum atomic E-state index is 11.8. The maximum Gasteiger partial charge on any atom is 0.325 e. The molecule has 8 nitrogen and oxygen atoms in total. The van der Waals surface area contributed by atoms with Crippen LogP contribution in [0.15, 0.2) is 6.20 Å². The second-order valence-electron chi connectivity index (χ2n) is 3.64. The molecule has 0 bridgehead atoms. The van der Waals surface area contributed by atoms with E-state index in [-0.39, 0.29) is 24.9 Å². The van der Waals surface area contributed by atoms with Crippen LogP contribution in [0.5, 0.6) is 0 Å². The topological polar surface area (TPSA) is 109 Å². The number of nitrogens with zero attached hydrogens (tertiary/aromatic N) is 4. The van der Waals surface area contributed by atoms with Gasteiger partial charge in [-0.1, -0.05) is 5.21 Å². The van der Waals surface area contributed by atoms with Gasteiger partial charge in [-0.25, -0.2) is 4.68 Å². The van der Waals surface area contributed by atoms with Gasteiger partial charge in [0.25, 0.3) is 5.91 Å². The number of amides is 1. The molecule has 1 heterocycles. The van der Waals surface area contributed by atoms with E-state index >= 15 is 0 Å². The minimum Gasteiger partial charge on any atom is -0.480 e. The number of aliphatic hydroxyl groups is 1. The highest BCUT2D eigenvalue weighted by Crippen LogP contribution is 2.03. The Labute approximate surface area is 97.5 Å². The summed E-state index contributed by atoms with van der Waals surface area (Å²) in [6.45, 7) is 1.17. The summed E-state index contributed by atoms with van der Waals surface area (Å²) < 4.78 is 1.06. The summed E-state index contributed by atoms with van der Waals surface area (Å²) in [4.78, 5) is 23.5. The zero-order valence-electron chi connectivity index (χ0n) is 9.57. The van der Waals surface area contributed by atoms with Crippen molar-refractivity contribution in [3.63, 3.8) is 0 Å². The number of hydrogen-bond donors (Lipinski definition) is 2. The Morgan fingerprint density at radius 1 is 1.59 bits per heavy atom. The van der Waals surface area contributed by atoms with Crippen molar-refractivity contribution in [2.24, 2.45) is 0 Å². The smallest absolute Gasteiger partial charge is 0.325 e. The highest BCUT2D eigenvalue weighted by atomic mass is 16.4. The van der Waals surface area contributed by atoms with E-state index in [0.29, 0.717) is 0 Å². The summed E-state index contributed by atoms with van der Waals surface area (Å²) in [5, 5.41) is 24.6. The lowest BCUT2D eigenvalue weighted by atomic mass is 10.3. The van der Waals surface area contributed by atoms with Crippen molar-refractivity contribution in [2.75, 3.05) is 13.7 Å². The number of carboxylic acid groups (broad SMARTS) is 1. The fraction of sp³-hybridized carbons (Fsp3) is 0.556. The van der Waals surface area contributed by atoms with Gasteiger partial charge in [-0.3, -0.25) is 9.59 Å². The van der Waals surface area contributed by atoms with Crippen LogP contribution < -0.4 is 0 Å². The monoisotopic (exact) mass is 242 g/mol. The third-order valence-electron chi connectivity index (χ3n) is 2.30. The summed E-state index contributed by atoms with van der Waals surface area (Å²) >= 11 is 0. The molecule has 1 aromatic heterocycles. The second-order valence-corrected chi connectivity index (χ2v) is 3.64. The lowest BCUT2D eigenvalue weighted by Crippen LogP contribution is -2.37. The lowest BCUT2D eigenvalue weighted by Gasteiger charge is -2.21. The predicted molar refractivity (Wildman–Crippen MR) is 56.3 cm³/mol. The average molecular weight is 242 g/mol. The predicted octanol–water partition coefficient (Wildman–Crippen LogP) is -1.18. The summed E-state index contributed by atoms with van der Waals surface area (Å²) in [7, 11) is 1.53. The number of likely N-dealkylation sites (N-methyl/N-ethyl adjacent to an activating group) is 1. The normalized spacial score (nSPS) is 12.2. The summed E-state index contributed by atoms with van der Waals surface area (Å²) in [5.74, 6) is -1.48. The summed E-state index contributed by atoms with van der Waals surface area (Å²) in [5.41, 5.74) is 0.0500. The van der Waals surface area contributed by atoms with Gasteiger partial charge in [0, 0.05) is 7.05 Å². The number of aliphatic carboxylic acids is 1. The molecule has 0 radical (unpaired) electrons. The van der Waals surface area contributed by atoms with Gasteiger partial charge in [0.05, 0.1) is 18.8 Å². The molecular weight excluding hydrogens is 228 g/mol. The van der Waals surface area contributed by atoms with Gasteiger partial charge in [0.1, 0.15) is 6.54 Å². The third-order valence-corrected chi connectivity index (χ3v) is 2.30. The largest absolute Gasteiger partial charge is 0.480 e. The molecular formula is C9H14N4O4. The van der Waals surface area contributed by atoms with Crippen LogP contribution in [0.2, 0.25) is 0 Å². The van der Waals surface area contributed by atoms with Crippen molar-refractivity contribution in [3.8, 4) is 0 Å². The first kappa shape index (κ1) is 13.1. The molecule has 1 unspecified atom stereocenters. The Kier molecular flexibility index (Phi) is 4.16. The minimum absolute atomic E-state index is 0.0500. The number of aromatic nitrogens is 3. The molecule has 94 valence electrons. The van der Waals surface area contributed by atoms with Gasteiger partial charge < -0.3 is 15.1 Å². The van der Waals surface area contributed by atoms with E-state index in [4.69, 9.17) is 10.2 Å². The Balaban J connectivity index is 2.76. The maximum absolute atomic E-state index is 11.8. The molecule has 2 N–H and O–H groups in total. The van der Waals surface area contributed by atoms with E-state index < -0.39 is 11.9 Å². The van der Waals surface area contributed by atoms with Crippen LogP contribution >= 0.6 is 0 Å². The molecule has 17 heavy (non-hydrogen) atoms. The molecule has 0 saturated heterocycles. The van der Waals surface area contributed by atoms with E-state index in [2.05, 4.69) is 10.3 Å². The highest BCUT2D eigenvalue weighted by molar-refractivity contribution is 5.92. The number of carbonyl (C=O) groups excluding carboxylic acids is 1. The van der Waals surface area contributed by atoms with Crippen LogP contribution in [0.3, 0.4) is 0 Å². The van der Waals surface area contributed by atoms with Crippen molar-refractivity contribution in [1.29, 1.82) is 0 Å². The molecule has 0 spiro atoms. The van der Waals surface area contributed by atoms with E-state index in [0.717, 1.165) is 4.68 Å². The Morgan fingerprint density at radius 3 is 2.76 bits per heavy atom. The molecule has 1 atom stereocenters. The number of hydrogen-bond acceptors (Lipinski definition) is 5. The Bertz CT molecular complexity index is 417. The standard InChI is InChI=1S/C9H14N4O4/c1-6(5-14)12(2)9(17)7-3-13(11-10-7)4-8(15)16/h3,6,14H,4-5H2,1-2H3,(H,15,16).